The third kappa shape index (κ3) is 3.79. The highest BCUT2D eigenvalue weighted by molar-refractivity contribution is 6.30. The lowest BCUT2D eigenvalue weighted by atomic mass is 10.1. The number of piperazine rings is 1. The molecule has 4 rings (SSSR count). The molecular weight excluding hydrogens is 352 g/mol. The van der Waals surface area contributed by atoms with E-state index < -0.39 is 0 Å². The summed E-state index contributed by atoms with van der Waals surface area (Å²) in [7, 11) is 0. The van der Waals surface area contributed by atoms with Crippen LogP contribution in [0.15, 0.2) is 42.5 Å². The highest BCUT2D eigenvalue weighted by atomic mass is 35.5. The lowest BCUT2D eigenvalue weighted by Gasteiger charge is -2.35. The second kappa shape index (κ2) is 7.56. The van der Waals surface area contributed by atoms with Crippen molar-refractivity contribution in [2.45, 2.75) is 6.54 Å². The second-order valence-corrected chi connectivity index (χ2v) is 6.99. The molecule has 0 radical (unpaired) electrons. The lowest BCUT2D eigenvalue weighted by molar-refractivity contribution is 0.0627. The van der Waals surface area contributed by atoms with Crippen LogP contribution < -0.4 is 9.47 Å². The molecule has 0 aromatic heterocycles. The molecule has 0 saturated carbocycles. The van der Waals surface area contributed by atoms with Gasteiger partial charge in [0.15, 0.2) is 11.5 Å². The fourth-order valence-electron chi connectivity index (χ4n) is 3.32. The van der Waals surface area contributed by atoms with Gasteiger partial charge in [-0.3, -0.25) is 9.69 Å². The maximum absolute atomic E-state index is 12.8. The molecule has 26 heavy (non-hydrogen) atoms. The minimum absolute atomic E-state index is 0.0492. The average molecular weight is 373 g/mol. The molecule has 0 atom stereocenters. The molecule has 0 aliphatic carbocycles. The number of hydrogen-bond acceptors (Lipinski definition) is 4. The van der Waals surface area contributed by atoms with Gasteiger partial charge in [0, 0.05) is 43.3 Å². The molecule has 2 aliphatic heterocycles. The van der Waals surface area contributed by atoms with E-state index in [1.54, 1.807) is 6.07 Å². The van der Waals surface area contributed by atoms with Gasteiger partial charge >= 0.3 is 0 Å². The Hall–Kier alpha value is -2.24. The van der Waals surface area contributed by atoms with Crippen LogP contribution in [0, 0.1) is 0 Å². The molecular formula is C20H21ClN2O3. The van der Waals surface area contributed by atoms with Gasteiger partial charge in [-0.15, -0.1) is 0 Å². The predicted molar refractivity (Wildman–Crippen MR) is 100 cm³/mol. The van der Waals surface area contributed by atoms with Crippen molar-refractivity contribution in [3.05, 3.63) is 58.6 Å². The van der Waals surface area contributed by atoms with Crippen LogP contribution in [0.3, 0.4) is 0 Å². The molecule has 1 fully saturated rings. The molecule has 1 saturated heterocycles. The number of amides is 1. The molecule has 5 nitrogen and oxygen atoms in total. The maximum atomic E-state index is 12.8. The number of hydrogen-bond donors (Lipinski definition) is 0. The smallest absolute Gasteiger partial charge is 0.254 e. The zero-order valence-corrected chi connectivity index (χ0v) is 15.2. The number of carbonyl (C=O) groups excluding carboxylic acids is 1. The minimum atomic E-state index is 0.0492. The quantitative estimate of drug-likeness (QED) is 0.830. The fourth-order valence-corrected chi connectivity index (χ4v) is 3.44. The summed E-state index contributed by atoms with van der Waals surface area (Å²) in [6.45, 7) is 5.12. The first-order valence-corrected chi connectivity index (χ1v) is 9.22. The summed E-state index contributed by atoms with van der Waals surface area (Å²) in [4.78, 5) is 17.0. The van der Waals surface area contributed by atoms with Crippen LogP contribution in [0.5, 0.6) is 11.5 Å². The van der Waals surface area contributed by atoms with Gasteiger partial charge in [0.2, 0.25) is 0 Å². The molecule has 0 spiro atoms. The normalized spacial score (nSPS) is 17.2. The number of fused-ring (bicyclic) bond motifs is 1. The van der Waals surface area contributed by atoms with Crippen LogP contribution in [-0.2, 0) is 6.54 Å². The van der Waals surface area contributed by atoms with Crippen LogP contribution in [0.25, 0.3) is 0 Å². The highest BCUT2D eigenvalue weighted by Crippen LogP contribution is 2.31. The third-order valence-electron chi connectivity index (χ3n) is 4.77. The van der Waals surface area contributed by atoms with Crippen molar-refractivity contribution in [2.24, 2.45) is 0 Å². The number of benzene rings is 2. The zero-order chi connectivity index (χ0) is 17.9. The Morgan fingerprint density at radius 3 is 2.35 bits per heavy atom. The first-order chi connectivity index (χ1) is 12.7. The Bertz CT molecular complexity index is 786. The number of halogens is 1. The highest BCUT2D eigenvalue weighted by Gasteiger charge is 2.23. The van der Waals surface area contributed by atoms with Gasteiger partial charge in [0.1, 0.15) is 13.2 Å². The van der Waals surface area contributed by atoms with Crippen molar-refractivity contribution in [2.75, 3.05) is 39.4 Å². The first kappa shape index (κ1) is 17.2. The summed E-state index contributed by atoms with van der Waals surface area (Å²) >= 11 is 5.94. The predicted octanol–water partition coefficient (Wildman–Crippen LogP) is 3.07. The monoisotopic (exact) mass is 372 g/mol. The number of rotatable bonds is 3. The van der Waals surface area contributed by atoms with Gasteiger partial charge in [-0.2, -0.15) is 0 Å². The Kier molecular flexibility index (Phi) is 5.00. The molecule has 1 amide bonds. The minimum Gasteiger partial charge on any atom is -0.486 e. The van der Waals surface area contributed by atoms with Crippen LogP contribution in [0.1, 0.15) is 15.9 Å². The van der Waals surface area contributed by atoms with E-state index in [2.05, 4.69) is 17.0 Å². The van der Waals surface area contributed by atoms with Crippen molar-refractivity contribution in [3.63, 3.8) is 0 Å². The van der Waals surface area contributed by atoms with Gasteiger partial charge in [-0.05, 0) is 35.9 Å². The van der Waals surface area contributed by atoms with E-state index in [4.69, 9.17) is 21.1 Å². The summed E-state index contributed by atoms with van der Waals surface area (Å²) in [5.74, 6) is 1.41. The summed E-state index contributed by atoms with van der Waals surface area (Å²) in [6, 6.07) is 13.4. The Morgan fingerprint density at radius 2 is 1.62 bits per heavy atom. The van der Waals surface area contributed by atoms with Gasteiger partial charge in [0.05, 0.1) is 0 Å². The van der Waals surface area contributed by atoms with E-state index >= 15 is 0 Å². The van der Waals surface area contributed by atoms with Gasteiger partial charge in [-0.1, -0.05) is 23.7 Å². The standard InChI is InChI=1S/C20H21ClN2O3/c21-17-4-1-15(2-5-17)14-22-7-9-23(10-8-22)20(24)16-3-6-18-19(13-16)26-12-11-25-18/h1-6,13H,7-12,14H2. The van der Waals surface area contributed by atoms with Crippen LogP contribution in [0.4, 0.5) is 0 Å². The van der Waals surface area contributed by atoms with E-state index in [1.165, 1.54) is 5.56 Å². The SMILES string of the molecule is O=C(c1ccc2c(c1)OCCO2)N1CCN(Cc2ccc(Cl)cc2)CC1. The van der Waals surface area contributed by atoms with E-state index in [-0.39, 0.29) is 5.91 Å². The van der Waals surface area contributed by atoms with Crippen LogP contribution in [-0.4, -0.2) is 55.1 Å². The molecule has 0 N–H and O–H groups in total. The van der Waals surface area contributed by atoms with Gasteiger partial charge in [-0.25, -0.2) is 0 Å². The van der Waals surface area contributed by atoms with Crippen molar-refractivity contribution in [1.29, 1.82) is 0 Å². The molecule has 2 aromatic rings. The molecule has 0 unspecified atom stereocenters. The van der Waals surface area contributed by atoms with Crippen molar-refractivity contribution in [3.8, 4) is 11.5 Å². The molecule has 0 bridgehead atoms. The summed E-state index contributed by atoms with van der Waals surface area (Å²) in [6.07, 6.45) is 0. The fraction of sp³-hybridized carbons (Fsp3) is 0.350. The zero-order valence-electron chi connectivity index (χ0n) is 14.5. The molecule has 2 aliphatic rings. The molecule has 2 heterocycles. The van der Waals surface area contributed by atoms with E-state index in [0.717, 1.165) is 37.7 Å². The first-order valence-electron chi connectivity index (χ1n) is 8.85. The van der Waals surface area contributed by atoms with E-state index in [9.17, 15) is 4.79 Å². The molecule has 2 aromatic carbocycles. The van der Waals surface area contributed by atoms with E-state index in [1.807, 2.05) is 29.2 Å². The third-order valence-corrected chi connectivity index (χ3v) is 5.02. The summed E-state index contributed by atoms with van der Waals surface area (Å²) in [5, 5.41) is 0.753. The van der Waals surface area contributed by atoms with Gasteiger partial charge in [0.25, 0.3) is 5.91 Å². The average Bonchev–Trinajstić information content (AvgIpc) is 2.69. The molecule has 6 heteroatoms. The maximum Gasteiger partial charge on any atom is 0.254 e. The molecule has 136 valence electrons. The summed E-state index contributed by atoms with van der Waals surface area (Å²) < 4.78 is 11.1. The summed E-state index contributed by atoms with van der Waals surface area (Å²) in [5.41, 5.74) is 1.89. The van der Waals surface area contributed by atoms with Crippen LogP contribution in [0.2, 0.25) is 5.02 Å². The lowest BCUT2D eigenvalue weighted by Crippen LogP contribution is -2.48. The van der Waals surface area contributed by atoms with Crippen molar-refractivity contribution < 1.29 is 14.3 Å². The topological polar surface area (TPSA) is 42.0 Å². The second-order valence-electron chi connectivity index (χ2n) is 6.55. The Balaban J connectivity index is 1.35. The Morgan fingerprint density at radius 1 is 0.923 bits per heavy atom. The van der Waals surface area contributed by atoms with Crippen molar-refractivity contribution in [1.82, 2.24) is 9.80 Å². The van der Waals surface area contributed by atoms with Gasteiger partial charge < -0.3 is 14.4 Å². The number of ether oxygens (including phenoxy) is 2. The van der Waals surface area contributed by atoms with E-state index in [0.29, 0.717) is 30.3 Å². The largest absolute Gasteiger partial charge is 0.486 e. The number of carbonyl (C=O) groups is 1. The number of nitrogens with zero attached hydrogens (tertiary/aromatic N) is 2. The Labute approximate surface area is 158 Å². The van der Waals surface area contributed by atoms with Crippen LogP contribution >= 0.6 is 11.6 Å². The van der Waals surface area contributed by atoms with Crippen molar-refractivity contribution >= 4 is 17.5 Å².